The molecule has 1 N–H and O–H groups in total. The van der Waals surface area contributed by atoms with Crippen molar-refractivity contribution in [3.8, 4) is 33.9 Å². The molecule has 5 nitrogen and oxygen atoms in total. The average Bonchev–Trinajstić information content (AvgIpc) is 2.74. The van der Waals surface area contributed by atoms with Gasteiger partial charge in [-0.2, -0.15) is 0 Å². The summed E-state index contributed by atoms with van der Waals surface area (Å²) in [4.78, 5) is 25.1. The van der Waals surface area contributed by atoms with Gasteiger partial charge in [-0.1, -0.05) is 30.3 Å². The first-order chi connectivity index (χ1) is 13.2. The zero-order chi connectivity index (χ0) is 18.6. The number of hydrogen-bond acceptors (Lipinski definition) is 4. The van der Waals surface area contributed by atoms with E-state index in [1.54, 1.807) is 30.6 Å². The predicted molar refractivity (Wildman–Crippen MR) is 103 cm³/mol. The van der Waals surface area contributed by atoms with Crippen molar-refractivity contribution in [3.05, 3.63) is 90.8 Å². The van der Waals surface area contributed by atoms with Gasteiger partial charge in [0.2, 0.25) is 0 Å². The molecule has 4 aromatic rings. The maximum atomic E-state index is 11.7. The van der Waals surface area contributed by atoms with E-state index in [-0.39, 0.29) is 5.56 Å². The monoisotopic (exact) mass is 353 g/mol. The highest BCUT2D eigenvalue weighted by Gasteiger charge is 2.15. The van der Waals surface area contributed by atoms with Crippen LogP contribution in [-0.4, -0.2) is 26.0 Å². The average molecular weight is 353 g/mol. The van der Waals surface area contributed by atoms with Gasteiger partial charge in [0, 0.05) is 12.4 Å². The Balaban J connectivity index is 1.96. The Labute approximate surface area is 156 Å². The molecule has 0 aliphatic carbocycles. The predicted octanol–water partition coefficient (Wildman–Crippen LogP) is 4.57. The number of rotatable bonds is 4. The third kappa shape index (κ3) is 3.43. The second-order valence-corrected chi connectivity index (χ2v) is 5.91. The Bertz CT molecular complexity index is 1040. The van der Waals surface area contributed by atoms with E-state index < -0.39 is 5.97 Å². The molecule has 3 heterocycles. The van der Waals surface area contributed by atoms with Gasteiger partial charge in [0.05, 0.1) is 28.3 Å². The molecule has 0 aliphatic heterocycles. The summed E-state index contributed by atoms with van der Waals surface area (Å²) in [7, 11) is 0. The lowest BCUT2D eigenvalue weighted by Gasteiger charge is -2.11. The number of hydrogen-bond donors (Lipinski definition) is 1. The SMILES string of the molecule is O=C(O)c1ccccc1-c1cc(-c2ccccn2)nc(-c2ccccn2)c1. The van der Waals surface area contributed by atoms with Crippen molar-refractivity contribution >= 4 is 5.97 Å². The standard InChI is InChI=1S/C22H15N3O2/c26-22(27)17-8-2-1-7-16(17)15-13-20(18-9-3-5-11-23-18)25-21(14-15)19-10-4-6-12-24-19/h1-14H,(H,26,27). The fraction of sp³-hybridized carbons (Fsp3) is 0. The van der Waals surface area contributed by atoms with Gasteiger partial charge in [0.15, 0.2) is 0 Å². The molecule has 3 aromatic heterocycles. The van der Waals surface area contributed by atoms with Crippen LogP contribution in [-0.2, 0) is 0 Å². The normalized spacial score (nSPS) is 10.5. The van der Waals surface area contributed by atoms with E-state index in [0.717, 1.165) is 5.56 Å². The summed E-state index contributed by atoms with van der Waals surface area (Å²) in [6, 6.07) is 21.9. The topological polar surface area (TPSA) is 76.0 Å². The van der Waals surface area contributed by atoms with Crippen LogP contribution in [0.25, 0.3) is 33.9 Å². The minimum absolute atomic E-state index is 0.239. The van der Waals surface area contributed by atoms with Crippen LogP contribution >= 0.6 is 0 Å². The van der Waals surface area contributed by atoms with Gasteiger partial charge in [0.1, 0.15) is 0 Å². The molecule has 0 radical (unpaired) electrons. The minimum Gasteiger partial charge on any atom is -0.478 e. The van der Waals surface area contributed by atoms with Crippen molar-refractivity contribution in [2.75, 3.05) is 0 Å². The fourth-order valence-corrected chi connectivity index (χ4v) is 2.90. The number of carbonyl (C=O) groups is 1. The number of carboxylic acids is 1. The van der Waals surface area contributed by atoms with Crippen LogP contribution in [0, 0.1) is 0 Å². The largest absolute Gasteiger partial charge is 0.478 e. The van der Waals surface area contributed by atoms with Crippen molar-refractivity contribution in [3.63, 3.8) is 0 Å². The molecule has 0 atom stereocenters. The Hall–Kier alpha value is -3.86. The highest BCUT2D eigenvalue weighted by atomic mass is 16.4. The van der Waals surface area contributed by atoms with Crippen molar-refractivity contribution < 1.29 is 9.90 Å². The first-order valence-electron chi connectivity index (χ1n) is 8.40. The van der Waals surface area contributed by atoms with Crippen molar-refractivity contribution in [2.45, 2.75) is 0 Å². The molecular formula is C22H15N3O2. The van der Waals surface area contributed by atoms with Crippen molar-refractivity contribution in [2.24, 2.45) is 0 Å². The number of aromatic carboxylic acids is 1. The molecule has 0 bridgehead atoms. The van der Waals surface area contributed by atoms with Gasteiger partial charge >= 0.3 is 5.97 Å². The van der Waals surface area contributed by atoms with Gasteiger partial charge in [-0.25, -0.2) is 9.78 Å². The van der Waals surface area contributed by atoms with Gasteiger partial charge in [-0.3, -0.25) is 9.97 Å². The molecule has 0 spiro atoms. The van der Waals surface area contributed by atoms with Crippen LogP contribution in [0.4, 0.5) is 0 Å². The molecular weight excluding hydrogens is 338 g/mol. The van der Waals surface area contributed by atoms with Crippen LogP contribution in [0.1, 0.15) is 10.4 Å². The first-order valence-corrected chi connectivity index (χ1v) is 8.40. The molecule has 0 unspecified atom stereocenters. The zero-order valence-electron chi connectivity index (χ0n) is 14.3. The summed E-state index contributed by atoms with van der Waals surface area (Å²) in [6.07, 6.45) is 3.41. The number of aromatic nitrogens is 3. The summed E-state index contributed by atoms with van der Waals surface area (Å²) in [5.41, 5.74) is 4.37. The van der Waals surface area contributed by atoms with Crippen LogP contribution in [0.3, 0.4) is 0 Å². The lowest BCUT2D eigenvalue weighted by molar-refractivity contribution is 0.0697. The van der Waals surface area contributed by atoms with E-state index in [9.17, 15) is 9.90 Å². The van der Waals surface area contributed by atoms with E-state index in [1.807, 2.05) is 54.6 Å². The van der Waals surface area contributed by atoms with Gasteiger partial charge in [-0.05, 0) is 53.6 Å². The zero-order valence-corrected chi connectivity index (χ0v) is 14.3. The summed E-state index contributed by atoms with van der Waals surface area (Å²) >= 11 is 0. The molecule has 0 fully saturated rings. The molecule has 130 valence electrons. The number of benzene rings is 1. The molecule has 1 aromatic carbocycles. The maximum Gasteiger partial charge on any atom is 0.336 e. The van der Waals surface area contributed by atoms with Gasteiger partial charge in [0.25, 0.3) is 0 Å². The summed E-state index contributed by atoms with van der Waals surface area (Å²) in [5.74, 6) is -0.971. The van der Waals surface area contributed by atoms with E-state index in [0.29, 0.717) is 28.3 Å². The van der Waals surface area contributed by atoms with E-state index in [1.165, 1.54) is 0 Å². The highest BCUT2D eigenvalue weighted by molar-refractivity contribution is 5.96. The quantitative estimate of drug-likeness (QED) is 0.581. The Kier molecular flexibility index (Phi) is 4.41. The molecule has 5 heteroatoms. The summed E-state index contributed by atoms with van der Waals surface area (Å²) < 4.78 is 0. The lowest BCUT2D eigenvalue weighted by Crippen LogP contribution is -2.00. The maximum absolute atomic E-state index is 11.7. The van der Waals surface area contributed by atoms with Crippen molar-refractivity contribution in [1.29, 1.82) is 0 Å². The van der Waals surface area contributed by atoms with E-state index in [2.05, 4.69) is 9.97 Å². The highest BCUT2D eigenvalue weighted by Crippen LogP contribution is 2.30. The summed E-state index contributed by atoms with van der Waals surface area (Å²) in [5, 5.41) is 9.56. The van der Waals surface area contributed by atoms with E-state index in [4.69, 9.17) is 4.98 Å². The van der Waals surface area contributed by atoms with Gasteiger partial charge < -0.3 is 5.11 Å². The van der Waals surface area contributed by atoms with E-state index >= 15 is 0 Å². The molecule has 0 saturated carbocycles. The molecule has 27 heavy (non-hydrogen) atoms. The van der Waals surface area contributed by atoms with Crippen molar-refractivity contribution in [1.82, 2.24) is 15.0 Å². The first kappa shape index (κ1) is 16.6. The number of carboxylic acid groups (broad SMARTS) is 1. The third-order valence-corrected chi connectivity index (χ3v) is 4.15. The van der Waals surface area contributed by atoms with Crippen LogP contribution in [0.5, 0.6) is 0 Å². The third-order valence-electron chi connectivity index (χ3n) is 4.15. The van der Waals surface area contributed by atoms with Crippen LogP contribution in [0.15, 0.2) is 85.2 Å². The van der Waals surface area contributed by atoms with Gasteiger partial charge in [-0.15, -0.1) is 0 Å². The second kappa shape index (κ2) is 7.17. The molecule has 0 saturated heterocycles. The summed E-state index contributed by atoms with van der Waals surface area (Å²) in [6.45, 7) is 0. The Morgan fingerprint density at radius 3 is 1.78 bits per heavy atom. The van der Waals surface area contributed by atoms with Crippen LogP contribution < -0.4 is 0 Å². The number of pyridine rings is 3. The minimum atomic E-state index is -0.971. The fourth-order valence-electron chi connectivity index (χ4n) is 2.90. The molecule has 0 aliphatic rings. The van der Waals surface area contributed by atoms with Crippen LogP contribution in [0.2, 0.25) is 0 Å². The molecule has 0 amide bonds. The Morgan fingerprint density at radius 1 is 0.704 bits per heavy atom. The smallest absolute Gasteiger partial charge is 0.336 e. The lowest BCUT2D eigenvalue weighted by atomic mass is 9.98. The Morgan fingerprint density at radius 2 is 1.26 bits per heavy atom. The molecule has 4 rings (SSSR count). The number of nitrogens with zero attached hydrogens (tertiary/aromatic N) is 3. The second-order valence-electron chi connectivity index (χ2n) is 5.91.